The Kier molecular flexibility index (Phi) is 3.87. The molecule has 2 aromatic rings. The summed E-state index contributed by atoms with van der Waals surface area (Å²) in [6, 6.07) is 9.34. The first-order chi connectivity index (χ1) is 7.61. The average Bonchev–Trinajstić information content (AvgIpc) is 2.27. The zero-order chi connectivity index (χ0) is 11.7. The zero-order valence-corrected chi connectivity index (χ0v) is 9.47. The molecule has 0 aliphatic rings. The van der Waals surface area contributed by atoms with Crippen LogP contribution in [0.2, 0.25) is 0 Å². The van der Waals surface area contributed by atoms with E-state index in [0.29, 0.717) is 10.8 Å². The summed E-state index contributed by atoms with van der Waals surface area (Å²) in [6.45, 7) is 0. The molecule has 5 heteroatoms. The summed E-state index contributed by atoms with van der Waals surface area (Å²) < 4.78 is 0. The monoisotopic (exact) mass is 273 g/mol. The quantitative estimate of drug-likeness (QED) is 0.743. The predicted molar refractivity (Wildman–Crippen MR) is 52.6 cm³/mol. The van der Waals surface area contributed by atoms with Crippen molar-refractivity contribution in [1.29, 1.82) is 0 Å². The van der Waals surface area contributed by atoms with Crippen LogP contribution < -0.4 is 10.2 Å². The molecule has 0 aliphatic heterocycles. The van der Waals surface area contributed by atoms with E-state index in [1.54, 1.807) is 18.2 Å². The van der Waals surface area contributed by atoms with E-state index in [0.717, 1.165) is 0 Å². The van der Waals surface area contributed by atoms with Gasteiger partial charge in [0.1, 0.15) is 0 Å². The minimum atomic E-state index is -1.52. The molecule has 0 spiro atoms. The summed E-state index contributed by atoms with van der Waals surface area (Å²) in [4.78, 5) is 21.7. The Morgan fingerprint density at radius 3 is 2.12 bits per heavy atom. The van der Waals surface area contributed by atoms with Crippen LogP contribution in [0.4, 0.5) is 0 Å². The minimum Gasteiger partial charge on any atom is -0.545 e. The second kappa shape index (κ2) is 4.98. The first-order valence-corrected chi connectivity index (χ1v) is 4.55. The maximum absolute atomic E-state index is 10.9. The summed E-state index contributed by atoms with van der Waals surface area (Å²) >= 11 is 0. The number of hydrogen-bond donors (Lipinski definition) is 0. The van der Waals surface area contributed by atoms with Crippen LogP contribution in [0.1, 0.15) is 20.7 Å². The Morgan fingerprint density at radius 2 is 1.53 bits per heavy atom. The molecule has 0 amide bonds. The fourth-order valence-corrected chi connectivity index (χ4v) is 1.66. The van der Waals surface area contributed by atoms with Gasteiger partial charge < -0.3 is 19.8 Å². The van der Waals surface area contributed by atoms with E-state index in [9.17, 15) is 19.8 Å². The van der Waals surface area contributed by atoms with Crippen LogP contribution in [0.15, 0.2) is 36.4 Å². The van der Waals surface area contributed by atoms with Gasteiger partial charge in [-0.2, -0.15) is 0 Å². The SMILES string of the molecule is O=C([O-])c1ccc2ccccc2c1C(=O)[O-].[Co+2]. The standard InChI is InChI=1S/C12H8O4.Co/c13-11(14)9-6-5-7-3-1-2-4-8(7)10(9)12(15)16;/h1-6H,(H,13,14)(H,15,16);/q;+2/p-2. The summed E-state index contributed by atoms with van der Waals surface area (Å²) in [5.41, 5.74) is -0.697. The molecule has 2 aromatic carbocycles. The van der Waals surface area contributed by atoms with Crippen molar-refractivity contribution in [2.24, 2.45) is 0 Å². The number of rotatable bonds is 2. The molecule has 0 saturated carbocycles. The largest absolute Gasteiger partial charge is 2.00 e. The van der Waals surface area contributed by atoms with Crippen LogP contribution in [0.25, 0.3) is 10.8 Å². The van der Waals surface area contributed by atoms with Crippen molar-refractivity contribution >= 4 is 22.7 Å². The van der Waals surface area contributed by atoms with Crippen molar-refractivity contribution in [3.8, 4) is 0 Å². The van der Waals surface area contributed by atoms with Gasteiger partial charge in [-0.05, 0) is 10.8 Å². The molecule has 87 valence electrons. The third kappa shape index (κ3) is 2.30. The van der Waals surface area contributed by atoms with Crippen LogP contribution >= 0.6 is 0 Å². The molecule has 0 aliphatic carbocycles. The van der Waals surface area contributed by atoms with E-state index in [4.69, 9.17) is 0 Å². The smallest absolute Gasteiger partial charge is 0.545 e. The summed E-state index contributed by atoms with van der Waals surface area (Å²) in [5, 5.41) is 22.7. The van der Waals surface area contributed by atoms with Gasteiger partial charge in [0.25, 0.3) is 0 Å². The number of carbonyl (C=O) groups excluding carboxylic acids is 2. The second-order valence-corrected chi connectivity index (χ2v) is 3.28. The molecule has 2 rings (SSSR count). The topological polar surface area (TPSA) is 80.3 Å². The van der Waals surface area contributed by atoms with Crippen LogP contribution in [0, 0.1) is 0 Å². The van der Waals surface area contributed by atoms with Gasteiger partial charge in [-0.3, -0.25) is 0 Å². The Balaban J connectivity index is 0.00000144. The Morgan fingerprint density at radius 1 is 0.882 bits per heavy atom. The van der Waals surface area contributed by atoms with Crippen molar-refractivity contribution in [3.63, 3.8) is 0 Å². The Labute approximate surface area is 107 Å². The first kappa shape index (κ1) is 13.2. The maximum atomic E-state index is 10.9. The predicted octanol–water partition coefficient (Wildman–Crippen LogP) is -0.436. The molecule has 0 N–H and O–H groups in total. The third-order valence-corrected chi connectivity index (χ3v) is 2.35. The molecule has 0 aromatic heterocycles. The average molecular weight is 273 g/mol. The van der Waals surface area contributed by atoms with Crippen molar-refractivity contribution in [2.75, 3.05) is 0 Å². The van der Waals surface area contributed by atoms with E-state index >= 15 is 0 Å². The summed E-state index contributed by atoms with van der Waals surface area (Å²) in [5.74, 6) is -3.04. The van der Waals surface area contributed by atoms with Crippen LogP contribution in [-0.2, 0) is 16.8 Å². The fourth-order valence-electron chi connectivity index (χ4n) is 1.66. The van der Waals surface area contributed by atoms with Crippen molar-refractivity contribution in [3.05, 3.63) is 47.5 Å². The number of carboxylic acid groups (broad SMARTS) is 2. The number of hydrogen-bond acceptors (Lipinski definition) is 4. The van der Waals surface area contributed by atoms with Crippen molar-refractivity contribution in [1.82, 2.24) is 0 Å². The Hall–Kier alpha value is -1.85. The number of aromatic carboxylic acids is 2. The van der Waals surface area contributed by atoms with E-state index < -0.39 is 11.9 Å². The van der Waals surface area contributed by atoms with Gasteiger partial charge in [0.15, 0.2) is 0 Å². The van der Waals surface area contributed by atoms with Crippen LogP contribution in [0.3, 0.4) is 0 Å². The van der Waals surface area contributed by atoms with Gasteiger partial charge in [-0.15, -0.1) is 0 Å². The maximum Gasteiger partial charge on any atom is 2.00 e. The molecule has 0 unspecified atom stereocenters. The minimum absolute atomic E-state index is 0. The molecule has 0 saturated heterocycles. The molecule has 0 fully saturated rings. The molecule has 4 nitrogen and oxygen atoms in total. The van der Waals surface area contributed by atoms with Crippen LogP contribution in [-0.4, -0.2) is 11.9 Å². The van der Waals surface area contributed by atoms with E-state index in [2.05, 4.69) is 0 Å². The van der Waals surface area contributed by atoms with E-state index in [1.165, 1.54) is 18.2 Å². The van der Waals surface area contributed by atoms with Gasteiger partial charge >= 0.3 is 16.8 Å². The van der Waals surface area contributed by atoms with Gasteiger partial charge in [0.2, 0.25) is 0 Å². The van der Waals surface area contributed by atoms with Crippen LogP contribution in [0.5, 0.6) is 0 Å². The molecular formula is C12H6CoO4. The third-order valence-electron chi connectivity index (χ3n) is 2.35. The van der Waals surface area contributed by atoms with Gasteiger partial charge in [-0.25, -0.2) is 0 Å². The van der Waals surface area contributed by atoms with Gasteiger partial charge in [-0.1, -0.05) is 36.4 Å². The second-order valence-electron chi connectivity index (χ2n) is 3.28. The first-order valence-electron chi connectivity index (χ1n) is 4.55. The van der Waals surface area contributed by atoms with Gasteiger partial charge in [0, 0.05) is 11.1 Å². The van der Waals surface area contributed by atoms with Crippen molar-refractivity contribution < 1.29 is 36.6 Å². The number of carbonyl (C=O) groups is 2. The zero-order valence-electron chi connectivity index (χ0n) is 8.43. The molecule has 0 bridgehead atoms. The van der Waals surface area contributed by atoms with Gasteiger partial charge in [0.05, 0.1) is 11.9 Å². The molecule has 0 heterocycles. The summed E-state index contributed by atoms with van der Waals surface area (Å²) in [6.07, 6.45) is 0. The fraction of sp³-hybridized carbons (Fsp3) is 0. The molecule has 1 radical (unpaired) electrons. The normalized spacial score (nSPS) is 9.65. The number of carboxylic acids is 2. The molecule has 0 atom stereocenters. The number of fused-ring (bicyclic) bond motifs is 1. The van der Waals surface area contributed by atoms with E-state index in [-0.39, 0.29) is 27.9 Å². The number of benzene rings is 2. The van der Waals surface area contributed by atoms with E-state index in [1.807, 2.05) is 0 Å². The molecule has 17 heavy (non-hydrogen) atoms. The molecular weight excluding hydrogens is 267 g/mol. The summed E-state index contributed by atoms with van der Waals surface area (Å²) in [7, 11) is 0. The Bertz CT molecular complexity index is 592. The van der Waals surface area contributed by atoms with Crippen molar-refractivity contribution in [2.45, 2.75) is 0 Å².